The lowest BCUT2D eigenvalue weighted by Crippen LogP contribution is -2.40. The third-order valence-electron chi connectivity index (χ3n) is 5.33. The van der Waals surface area contributed by atoms with Crippen LogP contribution in [-0.2, 0) is 4.79 Å². The van der Waals surface area contributed by atoms with Crippen LogP contribution in [0.25, 0.3) is 4.96 Å². The number of piperidine rings is 1. The predicted octanol–water partition coefficient (Wildman–Crippen LogP) is 3.36. The molecule has 2 amide bonds. The number of thiazole rings is 1. The monoisotopic (exact) mass is 414 g/mol. The Morgan fingerprint density at radius 2 is 1.97 bits per heavy atom. The second kappa shape index (κ2) is 7.29. The summed E-state index contributed by atoms with van der Waals surface area (Å²) in [5, 5.41) is 9.35. The molecule has 0 aliphatic carbocycles. The summed E-state index contributed by atoms with van der Waals surface area (Å²) in [5.41, 5.74) is 0.946. The number of carbonyl (C=O) groups excluding carboxylic acids is 2. The van der Waals surface area contributed by atoms with Crippen LogP contribution in [0.4, 0.5) is 5.82 Å². The fraction of sp³-hybridized carbons (Fsp3) is 0.500. The molecule has 3 aromatic rings. The molecule has 0 aromatic carbocycles. The summed E-state index contributed by atoms with van der Waals surface area (Å²) < 4.78 is 3.76. The van der Waals surface area contributed by atoms with Gasteiger partial charge in [0.2, 0.25) is 5.91 Å². The number of nitrogens with one attached hydrogen (secondary N) is 1. The molecule has 1 saturated heterocycles. The van der Waals surface area contributed by atoms with E-state index in [9.17, 15) is 9.59 Å². The number of rotatable bonds is 3. The van der Waals surface area contributed by atoms with Crippen molar-refractivity contribution in [2.24, 2.45) is 5.41 Å². The fourth-order valence-corrected chi connectivity index (χ4v) is 4.38. The van der Waals surface area contributed by atoms with E-state index in [4.69, 9.17) is 0 Å². The number of imidazole rings is 1. The molecule has 0 bridgehead atoms. The van der Waals surface area contributed by atoms with Gasteiger partial charge in [-0.15, -0.1) is 11.3 Å². The van der Waals surface area contributed by atoms with Gasteiger partial charge in [-0.3, -0.25) is 14.0 Å². The summed E-state index contributed by atoms with van der Waals surface area (Å²) in [6.07, 6.45) is 5.18. The van der Waals surface area contributed by atoms with Gasteiger partial charge in [-0.2, -0.15) is 5.10 Å². The lowest BCUT2D eigenvalue weighted by atomic mass is 9.96. The first-order valence-electron chi connectivity index (χ1n) is 9.82. The Labute approximate surface area is 173 Å². The number of likely N-dealkylation sites (tertiary alicyclic amines) is 1. The molecule has 1 aliphatic heterocycles. The van der Waals surface area contributed by atoms with Gasteiger partial charge in [0.05, 0.1) is 17.9 Å². The molecular weight excluding hydrogens is 388 g/mol. The van der Waals surface area contributed by atoms with E-state index >= 15 is 0 Å². The Balaban J connectivity index is 1.45. The van der Waals surface area contributed by atoms with Gasteiger partial charge >= 0.3 is 0 Å². The van der Waals surface area contributed by atoms with Gasteiger partial charge in [-0.05, 0) is 19.8 Å². The summed E-state index contributed by atoms with van der Waals surface area (Å²) in [5.74, 6) is 0.692. The quantitative estimate of drug-likeness (QED) is 0.712. The largest absolute Gasteiger partial charge is 0.337 e. The van der Waals surface area contributed by atoms with E-state index in [0.717, 1.165) is 23.5 Å². The Bertz CT molecular complexity index is 1050. The molecule has 0 atom stereocenters. The lowest BCUT2D eigenvalue weighted by molar-refractivity contribution is -0.123. The molecule has 4 rings (SSSR count). The zero-order valence-corrected chi connectivity index (χ0v) is 18.0. The third kappa shape index (κ3) is 3.66. The Kier molecular flexibility index (Phi) is 4.94. The van der Waals surface area contributed by atoms with E-state index in [-0.39, 0.29) is 17.9 Å². The van der Waals surface area contributed by atoms with Crippen LogP contribution < -0.4 is 5.32 Å². The topological polar surface area (TPSA) is 84.5 Å². The first-order valence-corrected chi connectivity index (χ1v) is 10.7. The molecule has 4 heterocycles. The highest BCUT2D eigenvalue weighted by molar-refractivity contribution is 7.15. The molecule has 1 N–H and O–H groups in total. The highest BCUT2D eigenvalue weighted by Gasteiger charge is 2.30. The fourth-order valence-electron chi connectivity index (χ4n) is 3.62. The van der Waals surface area contributed by atoms with E-state index in [2.05, 4.69) is 15.4 Å². The van der Waals surface area contributed by atoms with Crippen LogP contribution >= 0.6 is 11.3 Å². The summed E-state index contributed by atoms with van der Waals surface area (Å²) in [7, 11) is 0. The van der Waals surface area contributed by atoms with Crippen molar-refractivity contribution >= 4 is 33.9 Å². The van der Waals surface area contributed by atoms with Crippen LogP contribution in [0.2, 0.25) is 0 Å². The number of aryl methyl sites for hydroxylation is 1. The minimum absolute atomic E-state index is 0.0218. The smallest absolute Gasteiger partial charge is 0.272 e. The standard InChI is InChI=1S/C20H26N6O2S/c1-13-16(25-11-12-29-19(25)22-13)17(27)24-9-6-14(7-10-24)26-15(5-8-21-26)23-18(28)20(2,3)4/h5,8,11-12,14H,6-7,9-10H2,1-4H3,(H,23,28). The Hall–Kier alpha value is -2.68. The predicted molar refractivity (Wildman–Crippen MR) is 112 cm³/mol. The summed E-state index contributed by atoms with van der Waals surface area (Å²) >= 11 is 1.53. The van der Waals surface area contributed by atoms with Gasteiger partial charge in [-0.1, -0.05) is 20.8 Å². The Morgan fingerprint density at radius 1 is 1.24 bits per heavy atom. The molecular formula is C20H26N6O2S. The summed E-state index contributed by atoms with van der Waals surface area (Å²) in [6, 6.07) is 1.97. The lowest BCUT2D eigenvalue weighted by Gasteiger charge is -2.33. The average molecular weight is 415 g/mol. The van der Waals surface area contributed by atoms with Crippen molar-refractivity contribution in [3.8, 4) is 0 Å². The molecule has 3 aromatic heterocycles. The zero-order valence-electron chi connectivity index (χ0n) is 17.2. The highest BCUT2D eigenvalue weighted by atomic mass is 32.1. The van der Waals surface area contributed by atoms with Crippen molar-refractivity contribution in [2.45, 2.75) is 46.6 Å². The molecule has 1 aliphatic rings. The number of nitrogens with zero attached hydrogens (tertiary/aromatic N) is 5. The van der Waals surface area contributed by atoms with Crippen molar-refractivity contribution in [2.75, 3.05) is 18.4 Å². The normalized spacial score (nSPS) is 15.8. The second-order valence-corrected chi connectivity index (χ2v) is 9.36. The van der Waals surface area contributed by atoms with Crippen molar-refractivity contribution in [3.63, 3.8) is 0 Å². The van der Waals surface area contributed by atoms with Gasteiger partial charge in [0.15, 0.2) is 4.96 Å². The van der Waals surface area contributed by atoms with E-state index in [1.54, 1.807) is 6.20 Å². The van der Waals surface area contributed by atoms with Crippen molar-refractivity contribution in [1.29, 1.82) is 0 Å². The molecule has 154 valence electrons. The summed E-state index contributed by atoms with van der Waals surface area (Å²) in [6.45, 7) is 8.83. The maximum absolute atomic E-state index is 13.1. The number of hydrogen-bond acceptors (Lipinski definition) is 5. The van der Waals surface area contributed by atoms with E-state index in [1.165, 1.54) is 11.3 Å². The molecule has 0 unspecified atom stereocenters. The van der Waals surface area contributed by atoms with E-state index < -0.39 is 5.41 Å². The first-order chi connectivity index (χ1) is 13.8. The Morgan fingerprint density at radius 3 is 2.66 bits per heavy atom. The van der Waals surface area contributed by atoms with Crippen LogP contribution in [-0.4, -0.2) is 49.0 Å². The van der Waals surface area contributed by atoms with Gasteiger partial charge in [0.1, 0.15) is 11.5 Å². The van der Waals surface area contributed by atoms with E-state index in [0.29, 0.717) is 24.6 Å². The molecule has 9 heteroatoms. The molecule has 0 radical (unpaired) electrons. The van der Waals surface area contributed by atoms with Crippen molar-refractivity contribution < 1.29 is 9.59 Å². The zero-order chi connectivity index (χ0) is 20.8. The molecule has 0 saturated carbocycles. The number of aromatic nitrogens is 4. The third-order valence-corrected chi connectivity index (χ3v) is 6.09. The molecule has 1 fully saturated rings. The molecule has 29 heavy (non-hydrogen) atoms. The van der Waals surface area contributed by atoms with E-state index in [1.807, 2.05) is 59.3 Å². The van der Waals surface area contributed by atoms with Crippen LogP contribution in [0.5, 0.6) is 0 Å². The number of amides is 2. The van der Waals surface area contributed by atoms with Crippen LogP contribution in [0.1, 0.15) is 55.8 Å². The van der Waals surface area contributed by atoms with Crippen LogP contribution in [0, 0.1) is 12.3 Å². The van der Waals surface area contributed by atoms with Crippen molar-refractivity contribution in [3.05, 3.63) is 35.2 Å². The van der Waals surface area contributed by atoms with Crippen LogP contribution in [0.15, 0.2) is 23.8 Å². The highest BCUT2D eigenvalue weighted by Crippen LogP contribution is 2.28. The number of hydrogen-bond donors (Lipinski definition) is 1. The second-order valence-electron chi connectivity index (χ2n) is 8.49. The van der Waals surface area contributed by atoms with Gasteiger partial charge < -0.3 is 10.2 Å². The summed E-state index contributed by atoms with van der Waals surface area (Å²) in [4.78, 5) is 32.7. The molecule has 0 spiro atoms. The van der Waals surface area contributed by atoms with Gasteiger partial charge in [0, 0.05) is 36.1 Å². The maximum Gasteiger partial charge on any atom is 0.272 e. The minimum atomic E-state index is -0.471. The SMILES string of the molecule is Cc1nc2sccn2c1C(=O)N1CCC(n2nccc2NC(=O)C(C)(C)C)CC1. The van der Waals surface area contributed by atoms with Crippen LogP contribution in [0.3, 0.4) is 0 Å². The number of fused-ring (bicyclic) bond motifs is 1. The average Bonchev–Trinajstić information content (AvgIpc) is 3.36. The van der Waals surface area contributed by atoms with Gasteiger partial charge in [-0.25, -0.2) is 9.67 Å². The molecule has 8 nitrogen and oxygen atoms in total. The first kappa shape index (κ1) is 19.6. The number of anilines is 1. The number of carbonyl (C=O) groups is 2. The minimum Gasteiger partial charge on any atom is -0.337 e. The van der Waals surface area contributed by atoms with Crippen molar-refractivity contribution in [1.82, 2.24) is 24.1 Å². The van der Waals surface area contributed by atoms with Gasteiger partial charge in [0.25, 0.3) is 5.91 Å². The maximum atomic E-state index is 13.1.